The summed E-state index contributed by atoms with van der Waals surface area (Å²) in [5, 5.41) is 28.5. The Balaban J connectivity index is 0.835. The van der Waals surface area contributed by atoms with Gasteiger partial charge in [-0.2, -0.15) is 0 Å². The van der Waals surface area contributed by atoms with Crippen LogP contribution in [-0.2, 0) is 34.0 Å². The summed E-state index contributed by atoms with van der Waals surface area (Å²) in [4.78, 5) is 55.4. The molecule has 16 heteroatoms. The van der Waals surface area contributed by atoms with Gasteiger partial charge in [0.25, 0.3) is 0 Å². The predicted molar refractivity (Wildman–Crippen MR) is 232 cm³/mol. The Labute approximate surface area is 358 Å². The van der Waals surface area contributed by atoms with Crippen LogP contribution in [0.2, 0.25) is 0 Å². The summed E-state index contributed by atoms with van der Waals surface area (Å²) in [5.41, 5.74) is 7.84. The van der Waals surface area contributed by atoms with Crippen LogP contribution in [0.15, 0.2) is 89.4 Å². The minimum atomic E-state index is -0.872. The van der Waals surface area contributed by atoms with Gasteiger partial charge in [0.2, 0.25) is 23.7 Å². The van der Waals surface area contributed by atoms with Crippen LogP contribution in [-0.4, -0.2) is 95.0 Å². The number of rotatable bonds is 13. The molecule has 2 fully saturated rings. The Bertz CT molecular complexity index is 2450. The maximum Gasteiger partial charge on any atom is 0.246 e. The second-order valence-electron chi connectivity index (χ2n) is 17.1. The number of amides is 3. The van der Waals surface area contributed by atoms with Gasteiger partial charge in [-0.3, -0.25) is 23.7 Å². The van der Waals surface area contributed by atoms with Gasteiger partial charge in [0, 0.05) is 43.7 Å². The summed E-state index contributed by atoms with van der Waals surface area (Å²) in [6.07, 6.45) is 5.68. The van der Waals surface area contributed by atoms with Crippen LogP contribution in [0.5, 0.6) is 0 Å². The van der Waals surface area contributed by atoms with Crippen LogP contribution >= 0.6 is 11.3 Å². The second kappa shape index (κ2) is 17.9. The fraction of sp³-hybridized carbons (Fsp3) is 0.400. The van der Waals surface area contributed by atoms with Crippen molar-refractivity contribution in [3.8, 4) is 21.6 Å². The number of nitrogens with one attached hydrogen (secondary N) is 3. The number of nitrogens with zero attached hydrogens (tertiary/aromatic N) is 7. The zero-order valence-electron chi connectivity index (χ0n) is 34.9. The van der Waals surface area contributed by atoms with Crippen LogP contribution < -0.4 is 16.0 Å². The molecular formula is C45H52N10O5S. The number of aryl methyl sites for hydroxylation is 1. The number of thiazole rings is 1. The number of aliphatic hydroxyl groups excluding tert-OH is 1. The second-order valence-corrected chi connectivity index (χ2v) is 17.9. The molecule has 0 spiro atoms. The quantitative estimate of drug-likeness (QED) is 0.116. The van der Waals surface area contributed by atoms with E-state index in [1.165, 1.54) is 4.90 Å². The standard InChI is InChI=1S/C45H52N10O5S/c1-28-38(61-27-49-28)32-13-7-29(8-14-32)21-46-42(58)37-20-34(56)25-54(37)43(59)39(45(2,3)4)51-41(57)33-15-17-53(18-16-33)24-30-9-11-31(12-10-30)36-23-48-44(55-26-50-52-40(36)55)47-22-35-6-5-19-60-35/h5-14,19,23,26-27,33-34,37,39,56H,15-18,20-22,24-25H2,1-4H3,(H,46,58)(H,47,48)(H,51,57)/t34-,37+,39-/m1/s1. The molecule has 0 bridgehead atoms. The Morgan fingerprint density at radius 3 is 2.38 bits per heavy atom. The van der Waals surface area contributed by atoms with Gasteiger partial charge in [-0.1, -0.05) is 69.3 Å². The first-order valence-corrected chi connectivity index (χ1v) is 21.6. The number of aliphatic hydroxyl groups is 1. The normalized spacial score (nSPS) is 18.0. The molecule has 4 N–H and O–H groups in total. The van der Waals surface area contributed by atoms with Crippen molar-refractivity contribution < 1.29 is 23.9 Å². The summed E-state index contributed by atoms with van der Waals surface area (Å²) in [5.74, 6) is 0.311. The number of benzene rings is 2. The van der Waals surface area contributed by atoms with Crippen molar-refractivity contribution in [2.45, 2.75) is 84.8 Å². The van der Waals surface area contributed by atoms with Gasteiger partial charge in [-0.05, 0) is 72.7 Å². The first kappa shape index (κ1) is 41.8. The van der Waals surface area contributed by atoms with E-state index in [0.29, 0.717) is 31.0 Å². The Hall–Kier alpha value is -5.97. The minimum absolute atomic E-state index is 0.0281. The average molecular weight is 845 g/mol. The smallest absolute Gasteiger partial charge is 0.246 e. The summed E-state index contributed by atoms with van der Waals surface area (Å²) >= 11 is 1.59. The number of anilines is 1. The topological polar surface area (TPSA) is 183 Å². The number of hydrogen-bond acceptors (Lipinski definition) is 12. The van der Waals surface area contributed by atoms with Crippen LogP contribution in [0.1, 0.15) is 62.6 Å². The monoisotopic (exact) mass is 844 g/mol. The molecule has 6 aromatic rings. The highest BCUT2D eigenvalue weighted by Crippen LogP contribution is 2.30. The molecule has 3 atom stereocenters. The number of furan rings is 1. The SMILES string of the molecule is Cc1ncsc1-c1ccc(CNC(=O)[C@@H]2C[C@@H](O)CN2C(=O)[C@@H](NC(=O)C2CCN(Cc3ccc(-c4cnc(NCc5ccco5)n5cnnc45)cc3)CC2)C(C)(C)C)cc1. The van der Waals surface area contributed by atoms with Gasteiger partial charge in [-0.25, -0.2) is 9.97 Å². The van der Waals surface area contributed by atoms with E-state index in [9.17, 15) is 19.5 Å². The van der Waals surface area contributed by atoms with Gasteiger partial charge in [-0.15, -0.1) is 21.5 Å². The number of aromatic nitrogens is 5. The van der Waals surface area contributed by atoms with Gasteiger partial charge in [0.15, 0.2) is 5.65 Å². The van der Waals surface area contributed by atoms with E-state index in [-0.39, 0.29) is 43.1 Å². The molecule has 2 aliphatic rings. The molecule has 15 nitrogen and oxygen atoms in total. The predicted octanol–water partition coefficient (Wildman–Crippen LogP) is 5.45. The third kappa shape index (κ3) is 9.51. The fourth-order valence-electron chi connectivity index (χ4n) is 8.17. The first-order valence-electron chi connectivity index (χ1n) is 20.7. The maximum atomic E-state index is 14.2. The largest absolute Gasteiger partial charge is 0.467 e. The zero-order chi connectivity index (χ0) is 42.7. The van der Waals surface area contributed by atoms with E-state index in [4.69, 9.17) is 4.42 Å². The van der Waals surface area contributed by atoms with Crippen molar-refractivity contribution in [1.82, 2.24) is 45.0 Å². The number of likely N-dealkylation sites (tertiary alicyclic amines) is 2. The van der Waals surface area contributed by atoms with Crippen LogP contribution in [0, 0.1) is 18.3 Å². The van der Waals surface area contributed by atoms with Crippen molar-refractivity contribution in [2.75, 3.05) is 25.0 Å². The van der Waals surface area contributed by atoms with E-state index in [1.54, 1.807) is 30.1 Å². The van der Waals surface area contributed by atoms with Gasteiger partial charge in [0.1, 0.15) is 24.2 Å². The van der Waals surface area contributed by atoms with Crippen molar-refractivity contribution in [3.05, 3.63) is 108 Å². The van der Waals surface area contributed by atoms with Crippen molar-refractivity contribution in [2.24, 2.45) is 11.3 Å². The van der Waals surface area contributed by atoms with E-state index in [1.807, 2.05) is 74.0 Å². The van der Waals surface area contributed by atoms with Gasteiger partial charge >= 0.3 is 0 Å². The number of carbonyl (C=O) groups is 3. The molecule has 0 radical (unpaired) electrons. The van der Waals surface area contributed by atoms with Gasteiger partial charge < -0.3 is 30.4 Å². The highest BCUT2D eigenvalue weighted by atomic mass is 32.1. The molecule has 4 aromatic heterocycles. The molecular weight excluding hydrogens is 793 g/mol. The molecule has 2 aromatic carbocycles. The van der Waals surface area contributed by atoms with Crippen LogP contribution in [0.3, 0.4) is 0 Å². The summed E-state index contributed by atoms with van der Waals surface area (Å²) < 4.78 is 7.25. The Morgan fingerprint density at radius 2 is 1.69 bits per heavy atom. The highest BCUT2D eigenvalue weighted by Gasteiger charge is 2.45. The van der Waals surface area contributed by atoms with Gasteiger partial charge in [0.05, 0.1) is 35.0 Å². The van der Waals surface area contributed by atoms with Crippen molar-refractivity contribution in [1.29, 1.82) is 0 Å². The lowest BCUT2D eigenvalue weighted by atomic mass is 9.84. The van der Waals surface area contributed by atoms with Crippen LogP contribution in [0.25, 0.3) is 27.2 Å². The highest BCUT2D eigenvalue weighted by molar-refractivity contribution is 7.13. The first-order chi connectivity index (χ1) is 29.4. The number of carbonyl (C=O) groups excluding carboxylic acids is 3. The molecule has 0 saturated carbocycles. The van der Waals surface area contributed by atoms with E-state index < -0.39 is 23.6 Å². The molecule has 6 heterocycles. The lowest BCUT2D eigenvalue weighted by Gasteiger charge is -2.37. The number of β-amino-alcohol motifs (C(OH)–C–C–N with tert-alkyl or cyclic N) is 1. The third-order valence-corrected chi connectivity index (χ3v) is 12.6. The third-order valence-electron chi connectivity index (χ3n) is 11.7. The average Bonchev–Trinajstić information content (AvgIpc) is 4.10. The zero-order valence-corrected chi connectivity index (χ0v) is 35.7. The Morgan fingerprint density at radius 1 is 0.951 bits per heavy atom. The van der Waals surface area contributed by atoms with E-state index in [0.717, 1.165) is 63.8 Å². The molecule has 0 unspecified atom stereocenters. The number of hydrogen-bond donors (Lipinski definition) is 4. The van der Waals surface area contributed by atoms with E-state index >= 15 is 0 Å². The minimum Gasteiger partial charge on any atom is -0.467 e. The molecule has 3 amide bonds. The number of piperidine rings is 1. The molecule has 8 rings (SSSR count). The van der Waals surface area contributed by atoms with E-state index in [2.05, 4.69) is 65.3 Å². The maximum absolute atomic E-state index is 14.2. The molecule has 0 aliphatic carbocycles. The van der Waals surface area contributed by atoms with Crippen molar-refractivity contribution >= 4 is 40.7 Å². The molecule has 2 aliphatic heterocycles. The lowest BCUT2D eigenvalue weighted by molar-refractivity contribution is -0.144. The van der Waals surface area contributed by atoms with Crippen molar-refractivity contribution in [3.63, 3.8) is 0 Å². The number of fused-ring (bicyclic) bond motifs is 1. The summed E-state index contributed by atoms with van der Waals surface area (Å²) in [7, 11) is 0. The Kier molecular flexibility index (Phi) is 12.3. The fourth-order valence-corrected chi connectivity index (χ4v) is 8.99. The van der Waals surface area contributed by atoms with Crippen LogP contribution in [0.4, 0.5) is 5.95 Å². The molecule has 318 valence electrons. The molecule has 2 saturated heterocycles. The summed E-state index contributed by atoms with van der Waals surface area (Å²) in [6, 6.07) is 18.3. The molecule has 61 heavy (non-hydrogen) atoms. The summed E-state index contributed by atoms with van der Waals surface area (Å²) in [6.45, 7) is 10.7. The lowest BCUT2D eigenvalue weighted by Crippen LogP contribution is -2.58.